The van der Waals surface area contributed by atoms with Crippen LogP contribution in [0, 0.1) is 13.8 Å². The molecule has 22 heteroatoms. The van der Waals surface area contributed by atoms with Gasteiger partial charge in [0.2, 0.25) is 0 Å². The molecule has 380 valence electrons. The van der Waals surface area contributed by atoms with E-state index in [4.69, 9.17) is 62.1 Å². The summed E-state index contributed by atoms with van der Waals surface area (Å²) in [6.07, 6.45) is 0.250. The van der Waals surface area contributed by atoms with Crippen molar-refractivity contribution in [3.8, 4) is 32.4 Å². The Morgan fingerprint density at radius 1 is 0.522 bits per heavy atom. The van der Waals surface area contributed by atoms with E-state index in [1.165, 1.54) is 26.0 Å². The molecule has 0 aliphatic heterocycles. The molecule has 0 saturated heterocycles. The Morgan fingerprint density at radius 2 is 0.826 bits per heavy atom. The highest BCUT2D eigenvalue weighted by Crippen LogP contribution is 2.66. The largest absolute Gasteiger partial charge is 0.491 e. The summed E-state index contributed by atoms with van der Waals surface area (Å²) in [4.78, 5) is 27.8. The van der Waals surface area contributed by atoms with E-state index in [9.17, 15) is 4.79 Å². The summed E-state index contributed by atoms with van der Waals surface area (Å²) < 4.78 is 148. The minimum atomic E-state index is -5.70. The minimum Gasteiger partial charge on any atom is -0.491 e. The zero-order chi connectivity index (χ0) is 50.3. The Kier molecular flexibility index (Phi) is 23.8. The molecule has 2 heterocycles. The van der Waals surface area contributed by atoms with E-state index in [0.717, 1.165) is 22.7 Å². The van der Waals surface area contributed by atoms with Crippen molar-refractivity contribution in [2.45, 2.75) is 31.6 Å². The van der Waals surface area contributed by atoms with Crippen molar-refractivity contribution in [1.29, 1.82) is 0 Å². The predicted molar refractivity (Wildman–Crippen MR) is 242 cm³/mol. The average Bonchev–Trinajstić information content (AvgIpc) is 3.92. The lowest BCUT2D eigenvalue weighted by Gasteiger charge is -2.25. The number of aryl methyl sites for hydroxylation is 2. The standard InChI is InChI=1S/C46H54F6O12S2.CO2/c1-31-37(28-39(65-31)33-4-8-35(9-5-33)63-26-24-60-20-18-57-15-14-56-13-12-55-3)42-43(45(49,50)46(51,52)44(42,47)48)38-29-40(66-32(38)2)34-6-10-36(11-7-34)64-27-25-61-21-19-58-16-17-59-22-23-62-30-41(53)54;2-1-3/h4-11,28-29H,12-27,30H2,1-3H3,(H,53,54);. The van der Waals surface area contributed by atoms with Crippen LogP contribution in [-0.2, 0) is 52.3 Å². The highest BCUT2D eigenvalue weighted by atomic mass is 32.1. The summed E-state index contributed by atoms with van der Waals surface area (Å²) in [7, 11) is 1.60. The maximum absolute atomic E-state index is 15.9. The van der Waals surface area contributed by atoms with Gasteiger partial charge in [0, 0.05) is 37.8 Å². The quantitative estimate of drug-likeness (QED) is 0.0365. The van der Waals surface area contributed by atoms with Gasteiger partial charge < -0.3 is 52.5 Å². The lowest BCUT2D eigenvalue weighted by atomic mass is 9.94. The molecule has 0 saturated carbocycles. The van der Waals surface area contributed by atoms with Gasteiger partial charge in [0.15, 0.2) is 0 Å². The molecule has 0 radical (unpaired) electrons. The summed E-state index contributed by atoms with van der Waals surface area (Å²) in [6, 6.07) is 15.8. The van der Waals surface area contributed by atoms with Crippen molar-refractivity contribution in [3.05, 3.63) is 81.5 Å². The third-order valence-corrected chi connectivity index (χ3v) is 12.0. The second-order valence-corrected chi connectivity index (χ2v) is 17.1. The van der Waals surface area contributed by atoms with Crippen molar-refractivity contribution < 1.29 is 93.2 Å². The van der Waals surface area contributed by atoms with Crippen LogP contribution < -0.4 is 9.47 Å². The van der Waals surface area contributed by atoms with Crippen LogP contribution in [0.4, 0.5) is 26.3 Å². The fourth-order valence-electron chi connectivity index (χ4n) is 6.55. The Labute approximate surface area is 402 Å². The molecule has 5 rings (SSSR count). The zero-order valence-corrected chi connectivity index (χ0v) is 39.8. The number of alkyl halides is 6. The second kappa shape index (κ2) is 28.8. The number of rotatable bonds is 32. The van der Waals surface area contributed by atoms with Crippen LogP contribution in [0.1, 0.15) is 20.9 Å². The summed E-state index contributed by atoms with van der Waals surface area (Å²) in [5, 5.41) is 8.51. The molecule has 4 aromatic rings. The second-order valence-electron chi connectivity index (χ2n) is 14.6. The lowest BCUT2D eigenvalue weighted by Crippen LogP contribution is -2.48. The summed E-state index contributed by atoms with van der Waals surface area (Å²) in [5.41, 5.74) is -2.44. The molecule has 2 aromatic heterocycles. The van der Waals surface area contributed by atoms with Gasteiger partial charge in [-0.15, -0.1) is 22.7 Å². The van der Waals surface area contributed by atoms with Crippen molar-refractivity contribution >= 4 is 45.9 Å². The molecule has 0 bridgehead atoms. The van der Waals surface area contributed by atoms with Gasteiger partial charge in [-0.25, -0.2) is 4.79 Å². The number of carbonyl (C=O) groups excluding carboxylic acids is 2. The summed E-state index contributed by atoms with van der Waals surface area (Å²) >= 11 is 2.06. The zero-order valence-electron chi connectivity index (χ0n) is 38.1. The topological polar surface area (TPSA) is 164 Å². The lowest BCUT2D eigenvalue weighted by molar-refractivity contribution is -0.254. The smallest absolute Gasteiger partial charge is 0.380 e. The fraction of sp³-hybridized carbons (Fsp3) is 0.489. The van der Waals surface area contributed by atoms with E-state index in [0.29, 0.717) is 105 Å². The molecule has 1 aliphatic carbocycles. The van der Waals surface area contributed by atoms with Crippen LogP contribution >= 0.6 is 22.7 Å². The van der Waals surface area contributed by atoms with Gasteiger partial charge in [-0.3, -0.25) is 0 Å². The molecular formula is C47H54F6O14S2. The number of aliphatic carboxylic acids is 1. The van der Waals surface area contributed by atoms with E-state index in [2.05, 4.69) is 0 Å². The van der Waals surface area contributed by atoms with Crippen LogP contribution in [0.15, 0.2) is 60.7 Å². The van der Waals surface area contributed by atoms with Gasteiger partial charge in [0.1, 0.15) is 31.3 Å². The number of carbonyl (C=O) groups is 1. The molecule has 2 aromatic carbocycles. The van der Waals surface area contributed by atoms with E-state index >= 15 is 26.3 Å². The molecule has 0 amide bonds. The first-order chi connectivity index (χ1) is 33.1. The van der Waals surface area contributed by atoms with Crippen LogP contribution in [0.3, 0.4) is 0 Å². The maximum Gasteiger partial charge on any atom is 0.380 e. The van der Waals surface area contributed by atoms with Crippen molar-refractivity contribution in [1.82, 2.24) is 0 Å². The van der Waals surface area contributed by atoms with Crippen LogP contribution in [0.2, 0.25) is 0 Å². The third-order valence-electron chi connectivity index (χ3n) is 9.83. The first kappa shape index (κ1) is 56.9. The maximum atomic E-state index is 15.9. The fourth-order valence-corrected chi connectivity index (χ4v) is 8.61. The van der Waals surface area contributed by atoms with Crippen molar-refractivity contribution in [2.75, 3.05) is 119 Å². The highest BCUT2D eigenvalue weighted by Gasteiger charge is 2.80. The molecule has 69 heavy (non-hydrogen) atoms. The van der Waals surface area contributed by atoms with Crippen molar-refractivity contribution in [2.24, 2.45) is 0 Å². The number of ether oxygens (including phenoxy) is 10. The number of thiophene rings is 2. The number of hydrogen-bond acceptors (Lipinski definition) is 15. The Balaban J connectivity index is 0.00000336. The average molecular weight is 1020 g/mol. The first-order valence-corrected chi connectivity index (χ1v) is 23.0. The molecule has 1 N–H and O–H groups in total. The van der Waals surface area contributed by atoms with Gasteiger partial charge >= 0.3 is 29.9 Å². The Bertz CT molecular complexity index is 2230. The number of halogens is 6. The van der Waals surface area contributed by atoms with Crippen LogP contribution in [0.25, 0.3) is 32.0 Å². The van der Waals surface area contributed by atoms with E-state index in [1.54, 1.807) is 55.6 Å². The summed E-state index contributed by atoms with van der Waals surface area (Å²) in [5.74, 6) is -16.2. The monoisotopic (exact) mass is 1020 g/mol. The number of methoxy groups -OCH3 is 1. The van der Waals surface area contributed by atoms with Gasteiger partial charge in [0.05, 0.1) is 92.5 Å². The molecule has 1 aliphatic rings. The minimum absolute atomic E-state index is 0.166. The van der Waals surface area contributed by atoms with E-state index < -0.39 is 34.9 Å². The first-order valence-electron chi connectivity index (χ1n) is 21.4. The molecule has 0 spiro atoms. The molecule has 14 nitrogen and oxygen atoms in total. The van der Waals surface area contributed by atoms with Gasteiger partial charge in [0.25, 0.3) is 0 Å². The van der Waals surface area contributed by atoms with Gasteiger partial charge in [-0.05, 0) is 96.8 Å². The number of carboxylic acids is 1. The number of allylic oxidation sites excluding steroid dienone is 2. The van der Waals surface area contributed by atoms with E-state index in [1.807, 2.05) is 0 Å². The molecular weight excluding hydrogens is 967 g/mol. The Morgan fingerprint density at radius 3 is 1.14 bits per heavy atom. The van der Waals surface area contributed by atoms with Crippen molar-refractivity contribution in [3.63, 3.8) is 0 Å². The number of benzene rings is 2. The van der Waals surface area contributed by atoms with Crippen LogP contribution in [-0.4, -0.2) is 154 Å². The van der Waals surface area contributed by atoms with Gasteiger partial charge in [-0.1, -0.05) is 0 Å². The number of carboxylic acid groups (broad SMARTS) is 1. The highest BCUT2D eigenvalue weighted by molar-refractivity contribution is 7.16. The third kappa shape index (κ3) is 16.4. The van der Waals surface area contributed by atoms with E-state index in [-0.39, 0.29) is 66.7 Å². The SMILES string of the molecule is COCCOCCOCCOCCOc1ccc(-c2cc(C3=C(c4cc(-c5ccc(OCCOCCOCCOCCOCC(=O)O)cc5)sc4C)C(F)(F)C(F)(F)C3(F)F)c(C)s2)cc1.O=C=O. The predicted octanol–water partition coefficient (Wildman–Crippen LogP) is 8.61. The van der Waals surface area contributed by atoms with Crippen LogP contribution in [0.5, 0.6) is 11.5 Å². The van der Waals surface area contributed by atoms with Gasteiger partial charge in [-0.2, -0.15) is 35.9 Å². The molecule has 0 atom stereocenters. The number of hydrogen-bond donors (Lipinski definition) is 1. The summed E-state index contributed by atoms with van der Waals surface area (Å²) in [6.45, 7) is 7.84. The normalized spacial score (nSPS) is 14.6. The molecule has 0 fully saturated rings. The Hall–Kier alpha value is -4.71. The molecule has 0 unspecified atom stereocenters.